The third-order valence-corrected chi connectivity index (χ3v) is 6.35. The maximum Gasteiger partial charge on any atom is 0.343 e. The fourth-order valence-electron chi connectivity index (χ4n) is 4.59. The number of rotatable bonds is 7. The molecule has 0 fully saturated rings. The Bertz CT molecular complexity index is 1450. The molecule has 0 unspecified atom stereocenters. The molecule has 0 spiro atoms. The Morgan fingerprint density at radius 2 is 1.43 bits per heavy atom. The number of fused-ring (bicyclic) bond motifs is 1. The van der Waals surface area contributed by atoms with E-state index in [1.54, 1.807) is 0 Å². The maximum absolute atomic E-state index is 11.3. The number of aromatic nitrogens is 1. The van der Waals surface area contributed by atoms with Gasteiger partial charge in [-0.3, -0.25) is 0 Å². The molecule has 4 heteroatoms. The van der Waals surface area contributed by atoms with Crippen LogP contribution >= 0.6 is 0 Å². The van der Waals surface area contributed by atoms with Gasteiger partial charge in [0.15, 0.2) is 6.61 Å². The van der Waals surface area contributed by atoms with Crippen molar-refractivity contribution in [3.05, 3.63) is 114 Å². The quantitative estimate of drug-likeness (QED) is 0.255. The molecule has 0 aliphatic heterocycles. The highest BCUT2D eigenvalue weighted by Crippen LogP contribution is 2.37. The van der Waals surface area contributed by atoms with Gasteiger partial charge in [0.1, 0.15) is 5.75 Å². The molecule has 174 valence electrons. The SMILES string of the molecule is COC(=O)COc1ccc(-c2ccc3c(c2)c(Cc2ccccc2)c(-c2ccccc2)n3C)cc1. The predicted octanol–water partition coefficient (Wildman–Crippen LogP) is 6.65. The van der Waals surface area contributed by atoms with Gasteiger partial charge in [-0.1, -0.05) is 78.9 Å². The second-order valence-electron chi connectivity index (χ2n) is 8.54. The van der Waals surface area contributed by atoms with E-state index in [1.165, 1.54) is 40.4 Å². The first-order valence-electron chi connectivity index (χ1n) is 11.6. The predicted molar refractivity (Wildman–Crippen MR) is 141 cm³/mol. The number of ether oxygens (including phenoxy) is 2. The third kappa shape index (κ3) is 4.69. The van der Waals surface area contributed by atoms with Crippen molar-refractivity contribution in [1.82, 2.24) is 4.57 Å². The Balaban J connectivity index is 1.57. The largest absolute Gasteiger partial charge is 0.482 e. The summed E-state index contributed by atoms with van der Waals surface area (Å²) in [5.74, 6) is 0.236. The first-order valence-corrected chi connectivity index (χ1v) is 11.6. The molecule has 1 heterocycles. The van der Waals surface area contributed by atoms with Gasteiger partial charge in [-0.05, 0) is 52.1 Å². The highest BCUT2D eigenvalue weighted by molar-refractivity contribution is 5.95. The zero-order chi connectivity index (χ0) is 24.2. The fourth-order valence-corrected chi connectivity index (χ4v) is 4.59. The Hall–Kier alpha value is -4.31. The normalized spacial score (nSPS) is 10.9. The van der Waals surface area contributed by atoms with Crippen molar-refractivity contribution < 1.29 is 14.3 Å². The van der Waals surface area contributed by atoms with E-state index in [9.17, 15) is 4.79 Å². The zero-order valence-electron chi connectivity index (χ0n) is 19.9. The van der Waals surface area contributed by atoms with Gasteiger partial charge in [0.2, 0.25) is 0 Å². The number of hydrogen-bond acceptors (Lipinski definition) is 3. The molecule has 0 aliphatic rings. The average molecular weight is 462 g/mol. The van der Waals surface area contributed by atoms with Crippen LogP contribution in [0.15, 0.2) is 103 Å². The summed E-state index contributed by atoms with van der Waals surface area (Å²) < 4.78 is 12.4. The molecular formula is C31H27NO3. The molecule has 4 aromatic carbocycles. The van der Waals surface area contributed by atoms with E-state index in [1.807, 2.05) is 24.3 Å². The summed E-state index contributed by atoms with van der Waals surface area (Å²) in [5, 5.41) is 1.25. The molecular weight excluding hydrogens is 434 g/mol. The number of esters is 1. The lowest BCUT2D eigenvalue weighted by Crippen LogP contribution is -2.12. The average Bonchev–Trinajstić information content (AvgIpc) is 3.19. The molecule has 0 amide bonds. The van der Waals surface area contributed by atoms with E-state index < -0.39 is 5.97 Å². The Morgan fingerprint density at radius 1 is 0.771 bits per heavy atom. The minimum absolute atomic E-state index is 0.100. The summed E-state index contributed by atoms with van der Waals surface area (Å²) in [6.07, 6.45) is 0.853. The topological polar surface area (TPSA) is 40.5 Å². The van der Waals surface area contributed by atoms with Crippen LogP contribution in [0.2, 0.25) is 0 Å². The molecule has 35 heavy (non-hydrogen) atoms. The van der Waals surface area contributed by atoms with Gasteiger partial charge < -0.3 is 14.0 Å². The van der Waals surface area contributed by atoms with Crippen molar-refractivity contribution >= 4 is 16.9 Å². The van der Waals surface area contributed by atoms with Crippen LogP contribution in [-0.2, 0) is 23.0 Å². The van der Waals surface area contributed by atoms with Gasteiger partial charge in [0, 0.05) is 24.4 Å². The van der Waals surface area contributed by atoms with E-state index in [2.05, 4.69) is 95.2 Å². The first-order chi connectivity index (χ1) is 17.1. The molecule has 0 saturated carbocycles. The van der Waals surface area contributed by atoms with Crippen molar-refractivity contribution in [1.29, 1.82) is 0 Å². The molecule has 0 radical (unpaired) electrons. The summed E-state index contributed by atoms with van der Waals surface area (Å²) in [6.45, 7) is -0.100. The lowest BCUT2D eigenvalue weighted by atomic mass is 9.96. The van der Waals surface area contributed by atoms with Crippen LogP contribution in [0, 0.1) is 0 Å². The van der Waals surface area contributed by atoms with Crippen LogP contribution in [0.25, 0.3) is 33.3 Å². The van der Waals surface area contributed by atoms with Gasteiger partial charge >= 0.3 is 5.97 Å². The minimum Gasteiger partial charge on any atom is -0.482 e. The van der Waals surface area contributed by atoms with Gasteiger partial charge in [-0.2, -0.15) is 0 Å². The van der Waals surface area contributed by atoms with Crippen LogP contribution in [0.5, 0.6) is 5.75 Å². The Kier molecular flexibility index (Phi) is 6.36. The van der Waals surface area contributed by atoms with Gasteiger partial charge in [0.25, 0.3) is 0 Å². The molecule has 4 nitrogen and oxygen atoms in total. The second kappa shape index (κ2) is 9.90. The van der Waals surface area contributed by atoms with Crippen molar-refractivity contribution in [2.75, 3.05) is 13.7 Å². The number of methoxy groups -OCH3 is 1. The van der Waals surface area contributed by atoms with Crippen LogP contribution < -0.4 is 4.74 Å². The molecule has 0 bridgehead atoms. The van der Waals surface area contributed by atoms with Crippen LogP contribution in [0.4, 0.5) is 0 Å². The van der Waals surface area contributed by atoms with E-state index in [0.29, 0.717) is 5.75 Å². The standard InChI is InChI=1S/C31H27NO3/c1-32-29-18-15-25(23-13-16-26(17-14-23)35-21-30(33)34-2)20-27(29)28(19-22-9-5-3-6-10-22)31(32)24-11-7-4-8-12-24/h3-18,20H,19,21H2,1-2H3. The lowest BCUT2D eigenvalue weighted by Gasteiger charge is -2.09. The summed E-state index contributed by atoms with van der Waals surface area (Å²) in [7, 11) is 3.50. The molecule has 5 rings (SSSR count). The fraction of sp³-hybridized carbons (Fsp3) is 0.129. The number of nitrogens with zero attached hydrogens (tertiary/aromatic N) is 1. The number of carbonyl (C=O) groups excluding carboxylic acids is 1. The molecule has 1 aromatic heterocycles. The van der Waals surface area contributed by atoms with E-state index >= 15 is 0 Å². The van der Waals surface area contributed by atoms with Crippen molar-refractivity contribution in [2.45, 2.75) is 6.42 Å². The van der Waals surface area contributed by atoms with Gasteiger partial charge in [-0.25, -0.2) is 4.79 Å². The Labute approximate surface area is 205 Å². The lowest BCUT2D eigenvalue weighted by molar-refractivity contribution is -0.142. The van der Waals surface area contributed by atoms with E-state index in [-0.39, 0.29) is 6.61 Å². The van der Waals surface area contributed by atoms with Gasteiger partial charge in [-0.15, -0.1) is 0 Å². The highest BCUT2D eigenvalue weighted by atomic mass is 16.6. The third-order valence-electron chi connectivity index (χ3n) is 6.35. The maximum atomic E-state index is 11.3. The first kappa shape index (κ1) is 22.5. The number of benzene rings is 4. The summed E-state index contributed by atoms with van der Waals surface area (Å²) in [6, 6.07) is 35.7. The summed E-state index contributed by atoms with van der Waals surface area (Å²) in [5.41, 5.74) is 8.50. The number of carbonyl (C=O) groups is 1. The number of hydrogen-bond donors (Lipinski definition) is 0. The minimum atomic E-state index is -0.399. The summed E-state index contributed by atoms with van der Waals surface area (Å²) >= 11 is 0. The number of aryl methyl sites for hydroxylation is 1. The molecule has 5 aromatic rings. The summed E-state index contributed by atoms with van der Waals surface area (Å²) in [4.78, 5) is 11.3. The smallest absolute Gasteiger partial charge is 0.343 e. The van der Waals surface area contributed by atoms with Crippen molar-refractivity contribution in [3.8, 4) is 28.1 Å². The van der Waals surface area contributed by atoms with E-state index in [4.69, 9.17) is 4.74 Å². The highest BCUT2D eigenvalue weighted by Gasteiger charge is 2.18. The monoisotopic (exact) mass is 461 g/mol. The van der Waals surface area contributed by atoms with Crippen molar-refractivity contribution in [2.24, 2.45) is 7.05 Å². The second-order valence-corrected chi connectivity index (χ2v) is 8.54. The molecule has 0 N–H and O–H groups in total. The zero-order valence-corrected chi connectivity index (χ0v) is 19.9. The van der Waals surface area contributed by atoms with Crippen LogP contribution in [0.1, 0.15) is 11.1 Å². The molecule has 0 atom stereocenters. The van der Waals surface area contributed by atoms with Gasteiger partial charge in [0.05, 0.1) is 12.8 Å². The van der Waals surface area contributed by atoms with Crippen molar-refractivity contribution in [3.63, 3.8) is 0 Å². The Morgan fingerprint density at radius 3 is 2.11 bits per heavy atom. The molecule has 0 saturated heterocycles. The van der Waals surface area contributed by atoms with Crippen LogP contribution in [-0.4, -0.2) is 24.3 Å². The van der Waals surface area contributed by atoms with E-state index in [0.717, 1.165) is 17.5 Å². The molecule has 0 aliphatic carbocycles. The van der Waals surface area contributed by atoms with Crippen LogP contribution in [0.3, 0.4) is 0 Å².